The van der Waals surface area contributed by atoms with Gasteiger partial charge in [-0.05, 0) is 35.0 Å². The SMILES string of the molecule is CCNC(CC)c1cc(Cl)c(Br)s1. The zero-order chi connectivity index (χ0) is 9.84. The molecule has 0 spiro atoms. The number of hydrogen-bond donors (Lipinski definition) is 1. The zero-order valence-electron chi connectivity index (χ0n) is 7.73. The molecule has 13 heavy (non-hydrogen) atoms. The minimum absolute atomic E-state index is 0.443. The highest BCUT2D eigenvalue weighted by molar-refractivity contribution is 9.11. The van der Waals surface area contributed by atoms with Crippen molar-refractivity contribution in [2.24, 2.45) is 0 Å². The normalized spacial score (nSPS) is 13.2. The van der Waals surface area contributed by atoms with E-state index in [4.69, 9.17) is 11.6 Å². The monoisotopic (exact) mass is 281 g/mol. The van der Waals surface area contributed by atoms with Crippen molar-refractivity contribution >= 4 is 38.9 Å². The molecule has 0 radical (unpaired) electrons. The maximum Gasteiger partial charge on any atom is 0.0887 e. The molecule has 1 nitrogen and oxygen atoms in total. The van der Waals surface area contributed by atoms with E-state index in [-0.39, 0.29) is 0 Å². The highest BCUT2D eigenvalue weighted by Gasteiger charge is 2.12. The Hall–Kier alpha value is 0.430. The lowest BCUT2D eigenvalue weighted by atomic mass is 10.2. The smallest absolute Gasteiger partial charge is 0.0887 e. The van der Waals surface area contributed by atoms with E-state index in [1.54, 1.807) is 11.3 Å². The number of thiophene rings is 1. The first-order valence-corrected chi connectivity index (χ1v) is 6.35. The summed E-state index contributed by atoms with van der Waals surface area (Å²) < 4.78 is 1.03. The van der Waals surface area contributed by atoms with E-state index in [1.165, 1.54) is 4.88 Å². The molecule has 1 rings (SSSR count). The first-order valence-electron chi connectivity index (χ1n) is 4.37. The minimum atomic E-state index is 0.443. The van der Waals surface area contributed by atoms with E-state index in [2.05, 4.69) is 35.1 Å². The van der Waals surface area contributed by atoms with Crippen molar-refractivity contribution in [3.63, 3.8) is 0 Å². The van der Waals surface area contributed by atoms with Crippen molar-refractivity contribution in [2.75, 3.05) is 6.54 Å². The van der Waals surface area contributed by atoms with Crippen LogP contribution in [0.1, 0.15) is 31.2 Å². The average molecular weight is 283 g/mol. The molecular formula is C9H13BrClNS. The molecule has 0 fully saturated rings. The molecule has 1 atom stereocenters. The van der Waals surface area contributed by atoms with Crippen molar-refractivity contribution in [3.8, 4) is 0 Å². The summed E-state index contributed by atoms with van der Waals surface area (Å²) in [5.74, 6) is 0. The molecule has 0 aliphatic heterocycles. The van der Waals surface area contributed by atoms with Crippen molar-refractivity contribution in [1.29, 1.82) is 0 Å². The van der Waals surface area contributed by atoms with Gasteiger partial charge in [0, 0.05) is 10.9 Å². The van der Waals surface area contributed by atoms with Gasteiger partial charge in [0.05, 0.1) is 8.81 Å². The molecule has 0 bridgehead atoms. The molecule has 1 heterocycles. The lowest BCUT2D eigenvalue weighted by molar-refractivity contribution is 0.545. The van der Waals surface area contributed by atoms with Crippen LogP contribution in [0.3, 0.4) is 0 Å². The molecule has 0 aliphatic carbocycles. The van der Waals surface area contributed by atoms with Gasteiger partial charge in [0.25, 0.3) is 0 Å². The molecule has 0 aromatic carbocycles. The standard InChI is InChI=1S/C9H13BrClNS/c1-3-7(12-4-2)8-5-6(11)9(10)13-8/h5,7,12H,3-4H2,1-2H3. The first-order chi connectivity index (χ1) is 6.19. The Labute approximate surface area is 96.6 Å². The highest BCUT2D eigenvalue weighted by atomic mass is 79.9. The van der Waals surface area contributed by atoms with Gasteiger partial charge in [-0.3, -0.25) is 0 Å². The van der Waals surface area contributed by atoms with E-state index in [1.807, 2.05) is 6.07 Å². The van der Waals surface area contributed by atoms with Gasteiger partial charge >= 0.3 is 0 Å². The molecule has 1 N–H and O–H groups in total. The van der Waals surface area contributed by atoms with Crippen LogP contribution >= 0.6 is 38.9 Å². The van der Waals surface area contributed by atoms with E-state index < -0.39 is 0 Å². The van der Waals surface area contributed by atoms with E-state index in [0.29, 0.717) is 6.04 Å². The van der Waals surface area contributed by atoms with Crippen LogP contribution in [-0.4, -0.2) is 6.54 Å². The third-order valence-corrected chi connectivity index (χ3v) is 4.45. The second-order valence-electron chi connectivity index (χ2n) is 2.79. The molecule has 74 valence electrons. The maximum absolute atomic E-state index is 5.97. The second kappa shape index (κ2) is 5.35. The molecule has 1 unspecified atom stereocenters. The Kier molecular flexibility index (Phi) is 4.73. The molecule has 0 saturated carbocycles. The lowest BCUT2D eigenvalue weighted by Crippen LogP contribution is -2.18. The summed E-state index contributed by atoms with van der Waals surface area (Å²) in [6, 6.07) is 2.48. The van der Waals surface area contributed by atoms with Gasteiger partial charge in [-0.15, -0.1) is 11.3 Å². The van der Waals surface area contributed by atoms with Gasteiger partial charge in [-0.2, -0.15) is 0 Å². The molecule has 1 aromatic heterocycles. The summed E-state index contributed by atoms with van der Waals surface area (Å²) in [4.78, 5) is 1.31. The largest absolute Gasteiger partial charge is 0.310 e. The molecule has 4 heteroatoms. The molecule has 0 amide bonds. The Morgan fingerprint density at radius 3 is 2.69 bits per heavy atom. The van der Waals surface area contributed by atoms with Crippen molar-refractivity contribution in [2.45, 2.75) is 26.3 Å². The maximum atomic E-state index is 5.97. The van der Waals surface area contributed by atoms with Gasteiger partial charge in [-0.25, -0.2) is 0 Å². The summed E-state index contributed by atoms with van der Waals surface area (Å²) in [6.07, 6.45) is 1.09. The third-order valence-electron chi connectivity index (χ3n) is 1.87. The summed E-state index contributed by atoms with van der Waals surface area (Å²) >= 11 is 11.1. The van der Waals surface area contributed by atoms with Crippen molar-refractivity contribution < 1.29 is 0 Å². The number of hydrogen-bond acceptors (Lipinski definition) is 2. The average Bonchev–Trinajstić information content (AvgIpc) is 2.43. The number of nitrogens with one attached hydrogen (secondary N) is 1. The van der Waals surface area contributed by atoms with Gasteiger partial charge in [0.2, 0.25) is 0 Å². The minimum Gasteiger partial charge on any atom is -0.310 e. The van der Waals surface area contributed by atoms with Crippen LogP contribution in [0.15, 0.2) is 9.85 Å². The van der Waals surface area contributed by atoms with Gasteiger partial charge < -0.3 is 5.32 Å². The predicted octanol–water partition coefficient (Wildman–Crippen LogP) is 4.22. The Morgan fingerprint density at radius 1 is 1.62 bits per heavy atom. The molecule has 1 aromatic rings. The Balaban J connectivity index is 2.78. The Bertz CT molecular complexity index is 255. The van der Waals surface area contributed by atoms with Crippen molar-refractivity contribution in [1.82, 2.24) is 5.32 Å². The summed E-state index contributed by atoms with van der Waals surface area (Å²) in [5.41, 5.74) is 0. The van der Waals surface area contributed by atoms with Crippen LogP contribution in [0.4, 0.5) is 0 Å². The fourth-order valence-electron chi connectivity index (χ4n) is 1.23. The van der Waals surface area contributed by atoms with Crippen LogP contribution in [0.2, 0.25) is 5.02 Å². The second-order valence-corrected chi connectivity index (χ2v) is 5.60. The number of halogens is 2. The van der Waals surface area contributed by atoms with Crippen LogP contribution in [0.25, 0.3) is 0 Å². The molecular weight excluding hydrogens is 270 g/mol. The van der Waals surface area contributed by atoms with E-state index >= 15 is 0 Å². The lowest BCUT2D eigenvalue weighted by Gasteiger charge is -2.12. The summed E-state index contributed by atoms with van der Waals surface area (Å²) in [7, 11) is 0. The van der Waals surface area contributed by atoms with E-state index in [0.717, 1.165) is 21.8 Å². The highest BCUT2D eigenvalue weighted by Crippen LogP contribution is 2.35. The fourth-order valence-corrected chi connectivity index (χ4v) is 3.13. The van der Waals surface area contributed by atoms with Crippen LogP contribution < -0.4 is 5.32 Å². The van der Waals surface area contributed by atoms with Crippen LogP contribution in [0.5, 0.6) is 0 Å². The molecule has 0 saturated heterocycles. The summed E-state index contributed by atoms with van der Waals surface area (Å²) in [6.45, 7) is 5.29. The van der Waals surface area contributed by atoms with Crippen molar-refractivity contribution in [3.05, 3.63) is 19.8 Å². The van der Waals surface area contributed by atoms with Crippen LogP contribution in [-0.2, 0) is 0 Å². The van der Waals surface area contributed by atoms with Gasteiger partial charge in [0.15, 0.2) is 0 Å². The van der Waals surface area contributed by atoms with Gasteiger partial charge in [-0.1, -0.05) is 25.4 Å². The van der Waals surface area contributed by atoms with Crippen LogP contribution in [0, 0.1) is 0 Å². The quantitative estimate of drug-likeness (QED) is 0.871. The topological polar surface area (TPSA) is 12.0 Å². The van der Waals surface area contributed by atoms with Gasteiger partial charge in [0.1, 0.15) is 0 Å². The Morgan fingerprint density at radius 2 is 2.31 bits per heavy atom. The third kappa shape index (κ3) is 2.94. The predicted molar refractivity (Wildman–Crippen MR) is 63.7 cm³/mol. The summed E-state index contributed by atoms with van der Waals surface area (Å²) in [5, 5.41) is 4.24. The van der Waals surface area contributed by atoms with E-state index in [9.17, 15) is 0 Å². The zero-order valence-corrected chi connectivity index (χ0v) is 10.9. The first kappa shape index (κ1) is 11.5. The number of rotatable bonds is 4. The fraction of sp³-hybridized carbons (Fsp3) is 0.556. The molecule has 0 aliphatic rings.